The van der Waals surface area contributed by atoms with E-state index in [2.05, 4.69) is 0 Å². The van der Waals surface area contributed by atoms with Gasteiger partial charge in [0.1, 0.15) is 5.75 Å². The summed E-state index contributed by atoms with van der Waals surface area (Å²) in [6.45, 7) is 2.45. The van der Waals surface area contributed by atoms with E-state index in [1.54, 1.807) is 12.1 Å². The highest BCUT2D eigenvalue weighted by Gasteiger charge is 2.15. The molecule has 0 radical (unpaired) electrons. The summed E-state index contributed by atoms with van der Waals surface area (Å²) >= 11 is 0. The van der Waals surface area contributed by atoms with Gasteiger partial charge in [-0.2, -0.15) is 4.89 Å². The van der Waals surface area contributed by atoms with Gasteiger partial charge in [-0.25, -0.2) is 0 Å². The Morgan fingerprint density at radius 2 is 2.15 bits per heavy atom. The summed E-state index contributed by atoms with van der Waals surface area (Å²) in [6.07, 6.45) is 0.158. The lowest BCUT2D eigenvalue weighted by atomic mass is 10.2. The molecule has 0 saturated heterocycles. The summed E-state index contributed by atoms with van der Waals surface area (Å²) in [5.74, 6) is 0.697. The molecule has 1 rings (SSSR count). The highest BCUT2D eigenvalue weighted by molar-refractivity contribution is 7.37. The molecule has 0 bridgehead atoms. The van der Waals surface area contributed by atoms with Gasteiger partial charge < -0.3 is 4.74 Å². The Morgan fingerprint density at radius 3 is 2.77 bits per heavy atom. The van der Waals surface area contributed by atoms with Crippen molar-refractivity contribution in [2.75, 3.05) is 6.61 Å². The zero-order valence-corrected chi connectivity index (χ0v) is 8.33. The van der Waals surface area contributed by atoms with Gasteiger partial charge in [0.05, 0.1) is 6.61 Å². The predicted octanol–water partition coefficient (Wildman–Crippen LogP) is 2.32. The topological polar surface area (TPSA) is 46.5 Å². The summed E-state index contributed by atoms with van der Waals surface area (Å²) in [6, 6.07) is 7.28. The van der Waals surface area contributed by atoms with Gasteiger partial charge >= 0.3 is 8.03 Å². The highest BCUT2D eigenvalue weighted by atomic mass is 31.1. The number of benzene rings is 1. The molecule has 0 spiro atoms. The smallest absolute Gasteiger partial charge is 0.493 e. The maximum absolute atomic E-state index is 10.6. The van der Waals surface area contributed by atoms with E-state index < -0.39 is 8.03 Å². The molecule has 0 amide bonds. The molecule has 0 fully saturated rings. The fourth-order valence-electron chi connectivity index (χ4n) is 1.08. The summed E-state index contributed by atoms with van der Waals surface area (Å²) in [4.78, 5) is 8.75. The first-order chi connectivity index (χ1) is 6.24. The second-order valence-corrected chi connectivity index (χ2v) is 3.57. The van der Waals surface area contributed by atoms with E-state index in [4.69, 9.17) is 9.63 Å². The summed E-state index contributed by atoms with van der Waals surface area (Å²) in [5, 5.41) is 0. The van der Waals surface area contributed by atoms with Gasteiger partial charge in [-0.1, -0.05) is 18.2 Å². The molecule has 0 aliphatic carbocycles. The average molecular weight is 199 g/mol. The molecular formula is C9H12O3P+. The van der Waals surface area contributed by atoms with E-state index in [0.717, 1.165) is 5.56 Å². The van der Waals surface area contributed by atoms with Crippen LogP contribution < -0.4 is 4.74 Å². The Balaban J connectivity index is 2.84. The van der Waals surface area contributed by atoms with Crippen molar-refractivity contribution in [3.63, 3.8) is 0 Å². The van der Waals surface area contributed by atoms with Crippen molar-refractivity contribution in [1.29, 1.82) is 0 Å². The molecule has 0 aliphatic heterocycles. The highest BCUT2D eigenvalue weighted by Crippen LogP contribution is 2.27. The zero-order valence-electron chi connectivity index (χ0n) is 7.43. The third-order valence-electron chi connectivity index (χ3n) is 1.58. The van der Waals surface area contributed by atoms with Crippen LogP contribution in [0.1, 0.15) is 12.5 Å². The van der Waals surface area contributed by atoms with Crippen molar-refractivity contribution in [1.82, 2.24) is 0 Å². The maximum atomic E-state index is 10.6. The van der Waals surface area contributed by atoms with E-state index in [1.165, 1.54) is 0 Å². The molecular weight excluding hydrogens is 187 g/mol. The molecule has 1 aromatic carbocycles. The van der Waals surface area contributed by atoms with Crippen LogP contribution in [0.2, 0.25) is 0 Å². The van der Waals surface area contributed by atoms with Crippen LogP contribution in [0, 0.1) is 0 Å². The van der Waals surface area contributed by atoms with Gasteiger partial charge in [0, 0.05) is 5.56 Å². The fourth-order valence-corrected chi connectivity index (χ4v) is 1.63. The molecule has 3 nitrogen and oxygen atoms in total. The molecule has 13 heavy (non-hydrogen) atoms. The first kappa shape index (κ1) is 10.2. The van der Waals surface area contributed by atoms with Crippen LogP contribution in [0.3, 0.4) is 0 Å². The lowest BCUT2D eigenvalue weighted by molar-refractivity contribution is 0.337. The number of para-hydroxylation sites is 1. The summed E-state index contributed by atoms with van der Waals surface area (Å²) < 4.78 is 15.9. The summed E-state index contributed by atoms with van der Waals surface area (Å²) in [5.41, 5.74) is 0.785. The largest absolute Gasteiger partial charge is 0.510 e. The number of rotatable bonds is 4. The van der Waals surface area contributed by atoms with Gasteiger partial charge in [-0.05, 0) is 17.6 Å². The second-order valence-electron chi connectivity index (χ2n) is 2.55. The minimum Gasteiger partial charge on any atom is -0.493 e. The van der Waals surface area contributed by atoms with Gasteiger partial charge in [0.2, 0.25) is 6.16 Å². The standard InChI is InChI=1S/C9H11O3P/c1-2-12-9-6-4-3-5-8(9)7-13(10)11/h3-6H,2,7H2,1H3/p+1. The molecule has 1 unspecified atom stereocenters. The van der Waals surface area contributed by atoms with Crippen molar-refractivity contribution in [2.24, 2.45) is 0 Å². The molecule has 70 valence electrons. The minimum atomic E-state index is -2.13. The van der Waals surface area contributed by atoms with E-state index in [1.807, 2.05) is 19.1 Å². The lowest BCUT2D eigenvalue weighted by Crippen LogP contribution is -1.95. The van der Waals surface area contributed by atoms with E-state index in [9.17, 15) is 4.57 Å². The van der Waals surface area contributed by atoms with Crippen LogP contribution >= 0.6 is 8.03 Å². The van der Waals surface area contributed by atoms with Gasteiger partial charge in [0.15, 0.2) is 0 Å². The summed E-state index contributed by atoms with van der Waals surface area (Å²) in [7, 11) is -2.13. The molecule has 0 aliphatic rings. The van der Waals surface area contributed by atoms with Crippen molar-refractivity contribution in [2.45, 2.75) is 13.1 Å². The van der Waals surface area contributed by atoms with E-state index in [0.29, 0.717) is 12.4 Å². The molecule has 0 saturated carbocycles. The first-order valence-electron chi connectivity index (χ1n) is 4.08. The zero-order chi connectivity index (χ0) is 9.68. The van der Waals surface area contributed by atoms with Crippen LogP contribution in [-0.2, 0) is 10.7 Å². The quantitative estimate of drug-likeness (QED) is 0.757. The maximum Gasteiger partial charge on any atom is 0.510 e. The van der Waals surface area contributed by atoms with Crippen LogP contribution in [0.4, 0.5) is 0 Å². The van der Waals surface area contributed by atoms with Crippen molar-refractivity contribution < 1.29 is 14.2 Å². The van der Waals surface area contributed by atoms with Crippen molar-refractivity contribution in [3.05, 3.63) is 29.8 Å². The van der Waals surface area contributed by atoms with Crippen molar-refractivity contribution >= 4 is 8.03 Å². The number of hydrogen-bond acceptors (Lipinski definition) is 2. The van der Waals surface area contributed by atoms with Gasteiger partial charge in [-0.3, -0.25) is 0 Å². The SMILES string of the molecule is CCOc1ccccc1C[P+](=O)O. The first-order valence-corrected chi connectivity index (χ1v) is 5.48. The van der Waals surface area contributed by atoms with E-state index in [-0.39, 0.29) is 6.16 Å². The average Bonchev–Trinajstić information content (AvgIpc) is 2.08. The second kappa shape index (κ2) is 4.95. The van der Waals surface area contributed by atoms with Crippen LogP contribution in [-0.4, -0.2) is 11.5 Å². The number of hydrogen-bond donors (Lipinski definition) is 1. The molecule has 1 N–H and O–H groups in total. The third kappa shape index (κ3) is 3.13. The van der Waals surface area contributed by atoms with Crippen LogP contribution in [0.5, 0.6) is 5.75 Å². The van der Waals surface area contributed by atoms with E-state index >= 15 is 0 Å². The van der Waals surface area contributed by atoms with Crippen LogP contribution in [0.15, 0.2) is 24.3 Å². The lowest BCUT2D eigenvalue weighted by Gasteiger charge is -2.04. The van der Waals surface area contributed by atoms with Gasteiger partial charge in [-0.15, -0.1) is 0 Å². The van der Waals surface area contributed by atoms with Crippen molar-refractivity contribution in [3.8, 4) is 5.75 Å². The Morgan fingerprint density at radius 1 is 1.46 bits per heavy atom. The molecule has 1 aromatic rings. The molecule has 1 atom stereocenters. The van der Waals surface area contributed by atoms with Gasteiger partial charge in [0.25, 0.3) is 0 Å². The normalized spacial score (nSPS) is 11.1. The molecule has 0 aromatic heterocycles. The third-order valence-corrected chi connectivity index (χ3v) is 2.19. The Kier molecular flexibility index (Phi) is 3.87. The Hall–Kier alpha value is -0.920. The minimum absolute atomic E-state index is 0.158. The molecule has 4 heteroatoms. The Labute approximate surface area is 78.2 Å². The predicted molar refractivity (Wildman–Crippen MR) is 51.1 cm³/mol. The fraction of sp³-hybridized carbons (Fsp3) is 0.333. The Bertz CT molecular complexity index is 299. The van der Waals surface area contributed by atoms with Crippen LogP contribution in [0.25, 0.3) is 0 Å². The monoisotopic (exact) mass is 199 g/mol. The number of ether oxygens (including phenoxy) is 1. The molecule has 0 heterocycles.